The molecule has 1 aliphatic heterocycles. The van der Waals surface area contributed by atoms with Gasteiger partial charge in [0.05, 0.1) is 7.11 Å². The molecule has 2 nitrogen and oxygen atoms in total. The molecule has 0 aromatic heterocycles. The Labute approximate surface area is 131 Å². The molecule has 3 rings (SSSR count). The Morgan fingerprint density at radius 3 is 2.71 bits per heavy atom. The first-order valence-corrected chi connectivity index (χ1v) is 7.75. The highest BCUT2D eigenvalue weighted by Crippen LogP contribution is 2.27. The van der Waals surface area contributed by atoms with Gasteiger partial charge in [-0.1, -0.05) is 35.9 Å². The van der Waals surface area contributed by atoms with E-state index in [1.54, 1.807) is 7.11 Å². The minimum atomic E-state index is 0.803. The molecule has 0 N–H and O–H groups in total. The molecule has 0 atom stereocenters. The number of benzene rings is 2. The first kappa shape index (κ1) is 14.4. The normalized spacial score (nSPS) is 14.8. The minimum absolute atomic E-state index is 0.803. The molecule has 1 heterocycles. The summed E-state index contributed by atoms with van der Waals surface area (Å²) in [4.78, 5) is 2.51. The zero-order valence-electron chi connectivity index (χ0n) is 12.3. The fourth-order valence-electron chi connectivity index (χ4n) is 2.95. The Bertz CT molecular complexity index is 609. The summed E-state index contributed by atoms with van der Waals surface area (Å²) in [6.07, 6.45) is 2.14. The van der Waals surface area contributed by atoms with Gasteiger partial charge in [-0.3, -0.25) is 4.90 Å². The largest absolute Gasteiger partial charge is 0.496 e. The van der Waals surface area contributed by atoms with Crippen LogP contribution in [-0.4, -0.2) is 25.1 Å². The van der Waals surface area contributed by atoms with E-state index in [0.29, 0.717) is 0 Å². The molecule has 0 amide bonds. The van der Waals surface area contributed by atoms with Gasteiger partial charge in [0.15, 0.2) is 0 Å². The van der Waals surface area contributed by atoms with Crippen molar-refractivity contribution in [3.63, 3.8) is 0 Å². The van der Waals surface area contributed by atoms with Gasteiger partial charge in [-0.15, -0.1) is 0 Å². The van der Waals surface area contributed by atoms with Crippen molar-refractivity contribution >= 4 is 11.6 Å². The van der Waals surface area contributed by atoms with Crippen molar-refractivity contribution < 1.29 is 4.74 Å². The van der Waals surface area contributed by atoms with E-state index in [4.69, 9.17) is 16.3 Å². The molecular formula is C18H20ClNO. The molecule has 0 aliphatic carbocycles. The second-order valence-electron chi connectivity index (χ2n) is 5.50. The van der Waals surface area contributed by atoms with Crippen LogP contribution < -0.4 is 4.74 Å². The third kappa shape index (κ3) is 3.39. The van der Waals surface area contributed by atoms with Crippen LogP contribution in [0.1, 0.15) is 16.7 Å². The summed E-state index contributed by atoms with van der Waals surface area (Å²) < 4.78 is 5.46. The molecular weight excluding hydrogens is 282 g/mol. The monoisotopic (exact) mass is 301 g/mol. The maximum absolute atomic E-state index is 5.92. The molecule has 0 radical (unpaired) electrons. The van der Waals surface area contributed by atoms with Crippen molar-refractivity contribution in [2.75, 3.05) is 20.2 Å². The fourth-order valence-corrected chi connectivity index (χ4v) is 3.08. The van der Waals surface area contributed by atoms with E-state index in [1.165, 1.54) is 16.7 Å². The van der Waals surface area contributed by atoms with Crippen molar-refractivity contribution in [2.24, 2.45) is 0 Å². The molecule has 0 spiro atoms. The van der Waals surface area contributed by atoms with Crippen LogP contribution in [0.15, 0.2) is 42.5 Å². The van der Waals surface area contributed by atoms with Crippen LogP contribution in [0.5, 0.6) is 5.75 Å². The number of rotatable bonds is 4. The van der Waals surface area contributed by atoms with Crippen LogP contribution in [0.3, 0.4) is 0 Å². The van der Waals surface area contributed by atoms with E-state index in [-0.39, 0.29) is 0 Å². The van der Waals surface area contributed by atoms with Gasteiger partial charge in [0.1, 0.15) is 5.75 Å². The quantitative estimate of drug-likeness (QED) is 0.848. The number of nitrogens with zero attached hydrogens (tertiary/aromatic N) is 1. The average Bonchev–Trinajstić information content (AvgIpc) is 2.53. The molecule has 0 saturated heterocycles. The Hall–Kier alpha value is -1.51. The minimum Gasteiger partial charge on any atom is -0.496 e. The standard InChI is InChI=1S/C18H20ClNO/c1-21-18-4-2-3-15-13-20(12-10-17(15)18)11-9-14-5-7-16(19)8-6-14/h2-8H,9-13H2,1H3. The van der Waals surface area contributed by atoms with Gasteiger partial charge < -0.3 is 4.74 Å². The lowest BCUT2D eigenvalue weighted by Crippen LogP contribution is -2.32. The highest BCUT2D eigenvalue weighted by molar-refractivity contribution is 6.30. The van der Waals surface area contributed by atoms with Crippen molar-refractivity contribution in [2.45, 2.75) is 19.4 Å². The van der Waals surface area contributed by atoms with Gasteiger partial charge in [0, 0.05) is 24.7 Å². The number of ether oxygens (including phenoxy) is 1. The van der Waals surface area contributed by atoms with Crippen molar-refractivity contribution in [3.8, 4) is 5.75 Å². The lowest BCUT2D eigenvalue weighted by Gasteiger charge is -2.29. The molecule has 0 bridgehead atoms. The number of hydrogen-bond donors (Lipinski definition) is 0. The van der Waals surface area contributed by atoms with Crippen LogP contribution in [0.2, 0.25) is 5.02 Å². The summed E-state index contributed by atoms with van der Waals surface area (Å²) in [6, 6.07) is 14.5. The van der Waals surface area contributed by atoms with E-state index >= 15 is 0 Å². The molecule has 110 valence electrons. The van der Waals surface area contributed by atoms with Gasteiger partial charge in [-0.25, -0.2) is 0 Å². The van der Waals surface area contributed by atoms with E-state index < -0.39 is 0 Å². The van der Waals surface area contributed by atoms with Gasteiger partial charge >= 0.3 is 0 Å². The SMILES string of the molecule is COc1cccc2c1CCN(CCc1ccc(Cl)cc1)C2. The number of methoxy groups -OCH3 is 1. The molecule has 0 saturated carbocycles. The average molecular weight is 302 g/mol. The molecule has 2 aromatic carbocycles. The summed E-state index contributed by atoms with van der Waals surface area (Å²) in [5.41, 5.74) is 4.12. The predicted molar refractivity (Wildman–Crippen MR) is 87.1 cm³/mol. The van der Waals surface area contributed by atoms with Gasteiger partial charge in [0.2, 0.25) is 0 Å². The highest BCUT2D eigenvalue weighted by Gasteiger charge is 2.18. The first-order valence-electron chi connectivity index (χ1n) is 7.38. The van der Waals surface area contributed by atoms with Gasteiger partial charge in [0.25, 0.3) is 0 Å². The fraction of sp³-hybridized carbons (Fsp3) is 0.333. The van der Waals surface area contributed by atoms with Crippen molar-refractivity contribution in [3.05, 3.63) is 64.2 Å². The van der Waals surface area contributed by atoms with Gasteiger partial charge in [-0.05, 0) is 47.7 Å². The van der Waals surface area contributed by atoms with Crippen LogP contribution in [-0.2, 0) is 19.4 Å². The summed E-state index contributed by atoms with van der Waals surface area (Å²) >= 11 is 5.92. The van der Waals surface area contributed by atoms with E-state index in [9.17, 15) is 0 Å². The lowest BCUT2D eigenvalue weighted by atomic mass is 9.98. The Morgan fingerprint density at radius 1 is 1.14 bits per heavy atom. The zero-order chi connectivity index (χ0) is 14.7. The third-order valence-electron chi connectivity index (χ3n) is 4.15. The molecule has 3 heteroatoms. The molecule has 0 fully saturated rings. The lowest BCUT2D eigenvalue weighted by molar-refractivity contribution is 0.254. The molecule has 1 aliphatic rings. The first-order chi connectivity index (χ1) is 10.3. The van der Waals surface area contributed by atoms with E-state index in [1.807, 2.05) is 12.1 Å². The summed E-state index contributed by atoms with van der Waals surface area (Å²) in [7, 11) is 1.75. The number of fused-ring (bicyclic) bond motifs is 1. The summed E-state index contributed by atoms with van der Waals surface area (Å²) in [6.45, 7) is 3.19. The number of hydrogen-bond acceptors (Lipinski definition) is 2. The highest BCUT2D eigenvalue weighted by atomic mass is 35.5. The predicted octanol–water partition coefficient (Wildman–Crippen LogP) is 3.95. The van der Waals surface area contributed by atoms with Gasteiger partial charge in [-0.2, -0.15) is 0 Å². The second-order valence-corrected chi connectivity index (χ2v) is 5.94. The molecule has 2 aromatic rings. The van der Waals surface area contributed by atoms with Crippen molar-refractivity contribution in [1.29, 1.82) is 0 Å². The Balaban J connectivity index is 1.63. The molecule has 0 unspecified atom stereocenters. The van der Waals surface area contributed by atoms with E-state index in [2.05, 4.69) is 35.2 Å². The van der Waals surface area contributed by atoms with Crippen molar-refractivity contribution in [1.82, 2.24) is 4.90 Å². The number of halogens is 1. The summed E-state index contributed by atoms with van der Waals surface area (Å²) in [5.74, 6) is 1.03. The van der Waals surface area contributed by atoms with Crippen LogP contribution in [0, 0.1) is 0 Å². The third-order valence-corrected chi connectivity index (χ3v) is 4.40. The smallest absolute Gasteiger partial charge is 0.122 e. The van der Waals surface area contributed by atoms with Crippen LogP contribution >= 0.6 is 11.6 Å². The molecule has 21 heavy (non-hydrogen) atoms. The maximum atomic E-state index is 5.92. The van der Waals surface area contributed by atoms with E-state index in [0.717, 1.165) is 43.2 Å². The van der Waals surface area contributed by atoms with Crippen LogP contribution in [0.4, 0.5) is 0 Å². The Kier molecular flexibility index (Phi) is 4.47. The van der Waals surface area contributed by atoms with Crippen LogP contribution in [0.25, 0.3) is 0 Å². The zero-order valence-corrected chi connectivity index (χ0v) is 13.1. The second kappa shape index (κ2) is 6.50. The maximum Gasteiger partial charge on any atom is 0.122 e. The Morgan fingerprint density at radius 2 is 1.95 bits per heavy atom. The summed E-state index contributed by atoms with van der Waals surface area (Å²) in [5, 5.41) is 0.803. The topological polar surface area (TPSA) is 12.5 Å².